The van der Waals surface area contributed by atoms with E-state index in [4.69, 9.17) is 27.9 Å². The van der Waals surface area contributed by atoms with Gasteiger partial charge in [-0.2, -0.15) is 0 Å². The number of ether oxygens (including phenoxy) is 1. The van der Waals surface area contributed by atoms with Gasteiger partial charge in [0.05, 0.1) is 10.0 Å². The van der Waals surface area contributed by atoms with E-state index < -0.39 is 23.2 Å². The zero-order valence-electron chi connectivity index (χ0n) is 13.5. The number of aromatic nitrogens is 1. The van der Waals surface area contributed by atoms with Gasteiger partial charge in [0.25, 0.3) is 5.91 Å². The van der Waals surface area contributed by atoms with Crippen LogP contribution in [0.3, 0.4) is 0 Å². The first kappa shape index (κ1) is 19.6. The zero-order chi connectivity index (χ0) is 18.4. The van der Waals surface area contributed by atoms with Crippen molar-refractivity contribution in [2.24, 2.45) is 0 Å². The molecule has 2 rings (SSSR count). The highest BCUT2D eigenvalue weighted by Gasteiger charge is 2.23. The first-order valence-electron chi connectivity index (χ1n) is 7.41. The Hall–Kier alpha value is -1.76. The molecule has 0 aliphatic heterocycles. The molecule has 5 nitrogen and oxygen atoms in total. The molecular weight excluding hydrogens is 383 g/mol. The third kappa shape index (κ3) is 5.92. The number of halogens is 2. The number of benzene rings is 1. The van der Waals surface area contributed by atoms with E-state index in [2.05, 4.69) is 10.3 Å². The van der Waals surface area contributed by atoms with E-state index in [9.17, 15) is 9.59 Å². The molecule has 0 fully saturated rings. The van der Waals surface area contributed by atoms with Crippen LogP contribution in [0.5, 0.6) is 0 Å². The molecule has 132 valence electrons. The Labute approximate surface area is 160 Å². The van der Waals surface area contributed by atoms with Crippen LogP contribution in [0, 0.1) is 0 Å². The van der Waals surface area contributed by atoms with E-state index >= 15 is 0 Å². The smallest absolute Gasteiger partial charge is 0.319 e. The number of hydrogen-bond donors (Lipinski definition) is 1. The quantitative estimate of drug-likeness (QED) is 0.575. The van der Waals surface area contributed by atoms with Gasteiger partial charge >= 0.3 is 5.97 Å². The van der Waals surface area contributed by atoms with Crippen LogP contribution in [-0.4, -0.2) is 28.2 Å². The van der Waals surface area contributed by atoms with E-state index in [0.29, 0.717) is 5.02 Å². The lowest BCUT2D eigenvalue weighted by molar-refractivity contribution is -0.152. The van der Waals surface area contributed by atoms with E-state index in [1.807, 2.05) is 30.3 Å². The molecule has 0 aliphatic rings. The summed E-state index contributed by atoms with van der Waals surface area (Å²) >= 11 is 13.1. The van der Waals surface area contributed by atoms with Crippen molar-refractivity contribution in [2.45, 2.75) is 30.1 Å². The second-order valence-electron chi connectivity index (χ2n) is 5.13. The van der Waals surface area contributed by atoms with Crippen LogP contribution in [0.15, 0.2) is 47.5 Å². The van der Waals surface area contributed by atoms with Gasteiger partial charge < -0.3 is 10.1 Å². The standard InChI is InChI=1S/C17H16Cl2N2O3S/c1-10(16(22)21-15-14(19)8-12(18)9-20-15)24-17(23)11(2)25-13-6-4-3-5-7-13/h3-11H,1-2H3,(H,20,21,22)/t10-,11-/m1/s1. The lowest BCUT2D eigenvalue weighted by Crippen LogP contribution is -2.32. The van der Waals surface area contributed by atoms with Crippen molar-refractivity contribution in [2.75, 3.05) is 5.32 Å². The van der Waals surface area contributed by atoms with Crippen molar-refractivity contribution in [3.8, 4) is 0 Å². The number of rotatable bonds is 6. The lowest BCUT2D eigenvalue weighted by Gasteiger charge is -2.16. The summed E-state index contributed by atoms with van der Waals surface area (Å²) in [6, 6.07) is 10.9. The molecule has 0 radical (unpaired) electrons. The maximum absolute atomic E-state index is 12.1. The van der Waals surface area contributed by atoms with Crippen molar-refractivity contribution >= 4 is 52.7 Å². The highest BCUT2D eigenvalue weighted by Crippen LogP contribution is 2.25. The van der Waals surface area contributed by atoms with Crippen LogP contribution in [0.2, 0.25) is 10.0 Å². The molecule has 1 aromatic carbocycles. The van der Waals surface area contributed by atoms with Gasteiger partial charge in [-0.1, -0.05) is 41.4 Å². The van der Waals surface area contributed by atoms with Gasteiger partial charge in [0.2, 0.25) is 0 Å². The summed E-state index contributed by atoms with van der Waals surface area (Å²) < 4.78 is 5.21. The number of carbonyl (C=O) groups excluding carboxylic acids is 2. The molecule has 0 spiro atoms. The molecule has 25 heavy (non-hydrogen) atoms. The van der Waals surface area contributed by atoms with Gasteiger partial charge in [-0.15, -0.1) is 11.8 Å². The van der Waals surface area contributed by atoms with Crippen LogP contribution in [0.4, 0.5) is 5.82 Å². The molecule has 2 aromatic rings. The van der Waals surface area contributed by atoms with Crippen molar-refractivity contribution in [3.05, 3.63) is 52.6 Å². The third-order valence-corrected chi connectivity index (χ3v) is 4.68. The Morgan fingerprint density at radius 2 is 1.88 bits per heavy atom. The molecule has 1 heterocycles. The lowest BCUT2D eigenvalue weighted by atomic mass is 10.3. The topological polar surface area (TPSA) is 68.3 Å². The highest BCUT2D eigenvalue weighted by molar-refractivity contribution is 8.00. The highest BCUT2D eigenvalue weighted by atomic mass is 35.5. The number of pyridine rings is 1. The van der Waals surface area contributed by atoms with E-state index in [1.54, 1.807) is 6.92 Å². The van der Waals surface area contributed by atoms with Crippen molar-refractivity contribution < 1.29 is 14.3 Å². The third-order valence-electron chi connectivity index (χ3n) is 3.10. The summed E-state index contributed by atoms with van der Waals surface area (Å²) in [4.78, 5) is 29.2. The Morgan fingerprint density at radius 1 is 1.20 bits per heavy atom. The van der Waals surface area contributed by atoms with Crippen LogP contribution in [0.25, 0.3) is 0 Å². The number of carbonyl (C=O) groups is 2. The van der Waals surface area contributed by atoms with Gasteiger partial charge in [-0.3, -0.25) is 9.59 Å². The van der Waals surface area contributed by atoms with Gasteiger partial charge in [0.1, 0.15) is 5.25 Å². The van der Waals surface area contributed by atoms with E-state index in [-0.39, 0.29) is 10.8 Å². The number of hydrogen-bond acceptors (Lipinski definition) is 5. The fourth-order valence-electron chi connectivity index (χ4n) is 1.80. The molecule has 0 saturated carbocycles. The molecule has 1 amide bonds. The second-order valence-corrected chi connectivity index (χ2v) is 7.38. The molecule has 0 aliphatic carbocycles. The number of amides is 1. The molecular formula is C17H16Cl2N2O3S. The summed E-state index contributed by atoms with van der Waals surface area (Å²) in [5, 5.41) is 2.61. The van der Waals surface area contributed by atoms with E-state index in [0.717, 1.165) is 4.90 Å². The summed E-state index contributed by atoms with van der Waals surface area (Å²) in [7, 11) is 0. The van der Waals surface area contributed by atoms with Crippen molar-refractivity contribution in [3.63, 3.8) is 0 Å². The number of thioether (sulfide) groups is 1. The predicted molar refractivity (Wildman–Crippen MR) is 100 cm³/mol. The molecule has 1 aromatic heterocycles. The first-order valence-corrected chi connectivity index (χ1v) is 9.04. The van der Waals surface area contributed by atoms with Crippen molar-refractivity contribution in [1.29, 1.82) is 0 Å². The summed E-state index contributed by atoms with van der Waals surface area (Å²) in [5.41, 5.74) is 0. The Morgan fingerprint density at radius 3 is 2.52 bits per heavy atom. The number of esters is 1. The van der Waals surface area contributed by atoms with Crippen LogP contribution < -0.4 is 5.32 Å². The second kappa shape index (κ2) is 9.08. The monoisotopic (exact) mass is 398 g/mol. The van der Waals surface area contributed by atoms with E-state index in [1.165, 1.54) is 30.9 Å². The number of anilines is 1. The fourth-order valence-corrected chi connectivity index (χ4v) is 3.10. The zero-order valence-corrected chi connectivity index (χ0v) is 15.9. The van der Waals surface area contributed by atoms with Gasteiger partial charge in [-0.05, 0) is 32.0 Å². The SMILES string of the molecule is C[C@@H](OC(=O)[C@@H](C)Sc1ccccc1)C(=O)Nc1ncc(Cl)cc1Cl. The first-order chi connectivity index (χ1) is 11.9. The number of nitrogens with zero attached hydrogens (tertiary/aromatic N) is 1. The molecule has 0 unspecified atom stereocenters. The number of nitrogens with one attached hydrogen (secondary N) is 1. The van der Waals surface area contributed by atoms with Gasteiger partial charge in [-0.25, -0.2) is 4.98 Å². The van der Waals surface area contributed by atoms with Crippen LogP contribution >= 0.6 is 35.0 Å². The fraction of sp³-hybridized carbons (Fsp3) is 0.235. The maximum atomic E-state index is 12.1. The Kier molecular flexibility index (Phi) is 7.11. The minimum Gasteiger partial charge on any atom is -0.452 e. The molecule has 0 saturated heterocycles. The molecule has 1 N–H and O–H groups in total. The summed E-state index contributed by atoms with van der Waals surface area (Å²) in [6.45, 7) is 3.21. The minimum absolute atomic E-state index is 0.158. The average molecular weight is 399 g/mol. The predicted octanol–water partition coefficient (Wildman–Crippen LogP) is 4.44. The molecule has 0 bridgehead atoms. The van der Waals surface area contributed by atoms with Crippen molar-refractivity contribution in [1.82, 2.24) is 4.98 Å². The van der Waals surface area contributed by atoms with Crippen LogP contribution in [0.1, 0.15) is 13.8 Å². The molecule has 8 heteroatoms. The summed E-state index contributed by atoms with van der Waals surface area (Å²) in [5.74, 6) is -0.848. The minimum atomic E-state index is -0.986. The average Bonchev–Trinajstić information content (AvgIpc) is 2.58. The summed E-state index contributed by atoms with van der Waals surface area (Å²) in [6.07, 6.45) is 0.373. The van der Waals surface area contributed by atoms with Crippen LogP contribution in [-0.2, 0) is 14.3 Å². The van der Waals surface area contributed by atoms with Gasteiger partial charge in [0.15, 0.2) is 11.9 Å². The van der Waals surface area contributed by atoms with Gasteiger partial charge in [0, 0.05) is 11.1 Å². The maximum Gasteiger partial charge on any atom is 0.319 e. The molecule has 2 atom stereocenters. The Bertz CT molecular complexity index is 759. The normalized spacial score (nSPS) is 13.0. The Balaban J connectivity index is 1.90. The largest absolute Gasteiger partial charge is 0.452 e.